The van der Waals surface area contributed by atoms with Gasteiger partial charge >= 0.3 is 0 Å². The summed E-state index contributed by atoms with van der Waals surface area (Å²) in [5.74, 6) is -0.121. The molecule has 0 N–H and O–H groups in total. The molecule has 6 heteroatoms. The molecule has 2 bridgehead atoms. The Hall–Kier alpha value is -4.58. The summed E-state index contributed by atoms with van der Waals surface area (Å²) in [6.45, 7) is 1.12. The largest absolute Gasteiger partial charge is 0.482 e. The minimum atomic E-state index is -0.305. The summed E-state index contributed by atoms with van der Waals surface area (Å²) in [5, 5.41) is 2.15. The van der Waals surface area contributed by atoms with Crippen molar-refractivity contribution in [2.45, 2.75) is 19.1 Å². The predicted molar refractivity (Wildman–Crippen MR) is 144 cm³/mol. The molecule has 2 aliphatic rings. The van der Waals surface area contributed by atoms with E-state index >= 15 is 0 Å². The third-order valence-corrected chi connectivity index (χ3v) is 6.91. The van der Waals surface area contributed by atoms with Crippen LogP contribution in [0.4, 0.5) is 0 Å². The molecule has 37 heavy (non-hydrogen) atoms. The smallest absolute Gasteiger partial charge is 0.277 e. The molecule has 0 spiro atoms. The lowest BCUT2D eigenvalue weighted by Crippen LogP contribution is -2.56. The van der Waals surface area contributed by atoms with E-state index in [4.69, 9.17) is 4.74 Å². The maximum Gasteiger partial charge on any atom is 0.277 e. The van der Waals surface area contributed by atoms with Crippen LogP contribution in [-0.4, -0.2) is 28.7 Å². The van der Waals surface area contributed by atoms with Crippen molar-refractivity contribution in [3.8, 4) is 5.75 Å². The molecule has 0 saturated carbocycles. The summed E-state index contributed by atoms with van der Waals surface area (Å²) in [6, 6.07) is 29.6. The van der Waals surface area contributed by atoms with Gasteiger partial charge in [0.1, 0.15) is 13.3 Å². The van der Waals surface area contributed by atoms with Gasteiger partial charge in [-0.05, 0) is 28.7 Å². The molecule has 3 heterocycles. The number of pyridine rings is 1. The second-order valence-corrected chi connectivity index (χ2v) is 9.26. The van der Waals surface area contributed by atoms with Crippen LogP contribution in [-0.2, 0) is 6.61 Å². The standard InChI is InChI=1S/C31H27N3O3/c35-27-18-20-33-29(30(27)37-21-23-11-3-1-4-12-23)31(36)32-19-10-9-14-24-13-7-8-17-26(24)28(34(33)22-32)25-15-5-2-6-16-25/h1-9,11-18,20,28H,10,19,21-22H2/b14-9-. The van der Waals surface area contributed by atoms with Gasteiger partial charge < -0.3 is 9.64 Å². The number of nitrogens with zero attached hydrogens (tertiary/aromatic N) is 3. The number of hydrogen-bond acceptors (Lipinski definition) is 4. The summed E-state index contributed by atoms with van der Waals surface area (Å²) < 4.78 is 7.89. The number of rotatable bonds is 4. The highest BCUT2D eigenvalue weighted by Crippen LogP contribution is 2.35. The molecule has 1 aromatic heterocycles. The van der Waals surface area contributed by atoms with Crippen molar-refractivity contribution >= 4 is 12.0 Å². The number of aromatic nitrogens is 1. The van der Waals surface area contributed by atoms with Crippen LogP contribution in [0, 0.1) is 0 Å². The van der Waals surface area contributed by atoms with Gasteiger partial charge in [-0.1, -0.05) is 97.1 Å². The highest BCUT2D eigenvalue weighted by atomic mass is 16.5. The molecule has 1 amide bonds. The van der Waals surface area contributed by atoms with Crippen molar-refractivity contribution in [2.75, 3.05) is 18.2 Å². The fourth-order valence-electron chi connectivity index (χ4n) is 5.12. The van der Waals surface area contributed by atoms with Crippen LogP contribution in [0.15, 0.2) is 108 Å². The van der Waals surface area contributed by atoms with Crippen molar-refractivity contribution in [1.29, 1.82) is 0 Å². The molecular formula is C31H27N3O3. The summed E-state index contributed by atoms with van der Waals surface area (Å²) >= 11 is 0. The van der Waals surface area contributed by atoms with Gasteiger partial charge in [0, 0.05) is 18.8 Å². The van der Waals surface area contributed by atoms with E-state index in [-0.39, 0.29) is 35.4 Å². The van der Waals surface area contributed by atoms with E-state index in [1.54, 1.807) is 11.1 Å². The van der Waals surface area contributed by atoms with Gasteiger partial charge in [0.2, 0.25) is 5.43 Å². The number of fused-ring (bicyclic) bond motifs is 5. The van der Waals surface area contributed by atoms with Crippen molar-refractivity contribution in [3.05, 3.63) is 141 Å². The third kappa shape index (κ3) is 4.31. The van der Waals surface area contributed by atoms with Gasteiger partial charge in [0.25, 0.3) is 5.91 Å². The highest BCUT2D eigenvalue weighted by molar-refractivity contribution is 5.96. The number of benzene rings is 3. The summed E-state index contributed by atoms with van der Waals surface area (Å²) in [5.41, 5.74) is 4.23. The molecule has 0 saturated heterocycles. The zero-order chi connectivity index (χ0) is 25.2. The van der Waals surface area contributed by atoms with Crippen molar-refractivity contribution in [1.82, 2.24) is 9.58 Å². The molecule has 3 aromatic carbocycles. The summed E-state index contributed by atoms with van der Waals surface area (Å²) in [4.78, 5) is 28.7. The Labute approximate surface area is 215 Å². The lowest BCUT2D eigenvalue weighted by Gasteiger charge is -2.44. The molecule has 6 nitrogen and oxygen atoms in total. The summed E-state index contributed by atoms with van der Waals surface area (Å²) in [6.07, 6.45) is 6.66. The number of carbonyl (C=O) groups excluding carboxylic acids is 1. The first-order valence-electron chi connectivity index (χ1n) is 12.5. The minimum Gasteiger partial charge on any atom is -0.482 e. The van der Waals surface area contributed by atoms with Crippen LogP contribution >= 0.6 is 0 Å². The molecule has 1 unspecified atom stereocenters. The Morgan fingerprint density at radius 3 is 2.38 bits per heavy atom. The van der Waals surface area contributed by atoms with Crippen molar-refractivity contribution in [3.63, 3.8) is 0 Å². The van der Waals surface area contributed by atoms with Crippen LogP contribution in [0.3, 0.4) is 0 Å². The molecular weight excluding hydrogens is 462 g/mol. The highest BCUT2D eigenvalue weighted by Gasteiger charge is 2.37. The Kier molecular flexibility index (Phi) is 6.06. The fraction of sp³-hybridized carbons (Fsp3) is 0.161. The van der Waals surface area contributed by atoms with Crippen LogP contribution in [0.1, 0.15) is 45.2 Å². The topological polar surface area (TPSA) is 54.8 Å². The van der Waals surface area contributed by atoms with Gasteiger partial charge in [-0.15, -0.1) is 0 Å². The Morgan fingerprint density at radius 1 is 0.838 bits per heavy atom. The van der Waals surface area contributed by atoms with Crippen LogP contribution in [0.2, 0.25) is 0 Å². The maximum absolute atomic E-state index is 13.8. The van der Waals surface area contributed by atoms with E-state index in [9.17, 15) is 9.59 Å². The van der Waals surface area contributed by atoms with E-state index in [0.717, 1.165) is 22.3 Å². The first kappa shape index (κ1) is 22.9. The average molecular weight is 490 g/mol. The Morgan fingerprint density at radius 2 is 1.57 bits per heavy atom. The van der Waals surface area contributed by atoms with E-state index in [0.29, 0.717) is 19.6 Å². The normalized spacial score (nSPS) is 17.5. The van der Waals surface area contributed by atoms with E-state index in [1.165, 1.54) is 6.07 Å². The zero-order valence-electron chi connectivity index (χ0n) is 20.4. The quantitative estimate of drug-likeness (QED) is 0.406. The molecule has 0 aliphatic carbocycles. The first-order valence-corrected chi connectivity index (χ1v) is 12.5. The molecule has 0 fully saturated rings. The van der Waals surface area contributed by atoms with Gasteiger partial charge in [0.05, 0.1) is 6.04 Å². The molecule has 6 rings (SSSR count). The molecule has 184 valence electrons. The van der Waals surface area contributed by atoms with Gasteiger partial charge in [-0.3, -0.25) is 19.3 Å². The number of carbonyl (C=O) groups is 1. The third-order valence-electron chi connectivity index (χ3n) is 6.91. The first-order chi connectivity index (χ1) is 18.2. The lowest BCUT2D eigenvalue weighted by molar-refractivity contribution is 0.0679. The maximum atomic E-state index is 13.8. The lowest BCUT2D eigenvalue weighted by atomic mass is 9.93. The monoisotopic (exact) mass is 489 g/mol. The molecule has 2 aliphatic heterocycles. The van der Waals surface area contributed by atoms with E-state index in [2.05, 4.69) is 41.4 Å². The molecule has 4 aromatic rings. The second kappa shape index (κ2) is 9.82. The van der Waals surface area contributed by atoms with E-state index in [1.807, 2.05) is 65.3 Å². The Bertz CT molecular complexity index is 1510. The van der Waals surface area contributed by atoms with Gasteiger partial charge in [-0.25, -0.2) is 0 Å². The number of hydrogen-bond donors (Lipinski definition) is 0. The van der Waals surface area contributed by atoms with Crippen molar-refractivity contribution < 1.29 is 9.53 Å². The Balaban J connectivity index is 1.54. The van der Waals surface area contributed by atoms with Gasteiger partial charge in [-0.2, -0.15) is 0 Å². The average Bonchev–Trinajstić information content (AvgIpc) is 2.94. The molecule has 0 radical (unpaired) electrons. The number of ether oxygens (including phenoxy) is 1. The van der Waals surface area contributed by atoms with Gasteiger partial charge in [0.15, 0.2) is 11.4 Å². The SMILES string of the molecule is O=C1c2c(OCc3ccccc3)c(=O)ccn2N2CN1CC/C=C\c1ccccc1C2c1ccccc1. The zero-order valence-corrected chi connectivity index (χ0v) is 20.4. The van der Waals surface area contributed by atoms with Crippen LogP contribution in [0.5, 0.6) is 5.75 Å². The second-order valence-electron chi connectivity index (χ2n) is 9.26. The predicted octanol–water partition coefficient (Wildman–Crippen LogP) is 4.99. The fourth-order valence-corrected chi connectivity index (χ4v) is 5.12. The van der Waals surface area contributed by atoms with Crippen LogP contribution < -0.4 is 15.2 Å². The van der Waals surface area contributed by atoms with Crippen molar-refractivity contribution in [2.24, 2.45) is 0 Å². The van der Waals surface area contributed by atoms with Crippen LogP contribution in [0.25, 0.3) is 6.08 Å². The van der Waals surface area contributed by atoms with E-state index < -0.39 is 0 Å². The molecule has 1 atom stereocenters. The number of amides is 1. The minimum absolute atomic E-state index is 0.0822. The summed E-state index contributed by atoms with van der Waals surface area (Å²) in [7, 11) is 0.